The monoisotopic (exact) mass is 225 g/mol. The fourth-order valence-corrected chi connectivity index (χ4v) is 1.18. The summed E-state index contributed by atoms with van der Waals surface area (Å²) in [6.45, 7) is 11.1. The van der Waals surface area contributed by atoms with E-state index < -0.39 is 0 Å². The highest BCUT2D eigenvalue weighted by atomic mass is 15.1. The highest BCUT2D eigenvalue weighted by molar-refractivity contribution is 5.65. The van der Waals surface area contributed by atoms with Gasteiger partial charge in [0.25, 0.3) is 0 Å². The Hall–Kier alpha value is -0.630. The molecule has 0 aliphatic heterocycles. The zero-order chi connectivity index (χ0) is 12.6. The maximum absolute atomic E-state index is 2.34. The van der Waals surface area contributed by atoms with E-state index in [1.165, 1.54) is 12.8 Å². The van der Waals surface area contributed by atoms with Gasteiger partial charge in [0, 0.05) is 18.5 Å². The largest absolute Gasteiger partial charge is 0.298 e. The highest BCUT2D eigenvalue weighted by Crippen LogP contribution is 2.09. The number of hydrogen-bond acceptors (Lipinski definition) is 1. The van der Waals surface area contributed by atoms with Crippen LogP contribution in [0.25, 0.3) is 0 Å². The molecule has 0 aromatic rings. The van der Waals surface area contributed by atoms with Crippen LogP contribution in [0.4, 0.5) is 0 Å². The van der Waals surface area contributed by atoms with Crippen molar-refractivity contribution in [2.45, 2.75) is 46.1 Å². The lowest BCUT2D eigenvalue weighted by Crippen LogP contribution is -2.37. The number of allylic oxidation sites excluding steroid dienone is 1. The lowest BCUT2D eigenvalue weighted by atomic mass is 10.1. The van der Waals surface area contributed by atoms with Gasteiger partial charge in [-0.1, -0.05) is 19.4 Å². The Balaban J connectivity index is 3.93. The average Bonchev–Trinajstić information content (AvgIpc) is 2.19. The van der Waals surface area contributed by atoms with Crippen molar-refractivity contribution in [3.63, 3.8) is 0 Å². The first kappa shape index (κ1) is 15.4. The first-order valence-electron chi connectivity index (χ1n) is 6.29. The summed E-state index contributed by atoms with van der Waals surface area (Å²) >= 11 is 0. The molecule has 0 amide bonds. The molecule has 0 aliphatic rings. The number of unbranched alkanes of at least 4 members (excludes halogenated alkanes) is 1. The Kier molecular flexibility index (Phi) is 7.31. The minimum Gasteiger partial charge on any atom is -0.298 e. The smallest absolute Gasteiger partial charge is 0.162 e. The first-order valence-corrected chi connectivity index (χ1v) is 6.29. The van der Waals surface area contributed by atoms with Crippen LogP contribution in [0.3, 0.4) is 0 Å². The molecule has 2 nitrogen and oxygen atoms in total. The van der Waals surface area contributed by atoms with Crippen LogP contribution in [0.5, 0.6) is 0 Å². The molecule has 0 aliphatic carbocycles. The second-order valence-corrected chi connectivity index (χ2v) is 5.46. The topological polar surface area (TPSA) is 6.25 Å². The van der Waals surface area contributed by atoms with E-state index in [1.54, 1.807) is 0 Å². The van der Waals surface area contributed by atoms with Crippen molar-refractivity contribution in [1.29, 1.82) is 0 Å². The molecule has 0 unspecified atom stereocenters. The number of nitrogens with zero attached hydrogens (tertiary/aromatic N) is 2. The van der Waals surface area contributed by atoms with E-state index in [4.69, 9.17) is 0 Å². The van der Waals surface area contributed by atoms with Crippen LogP contribution in [0, 0.1) is 0 Å². The molecule has 0 radical (unpaired) electrons. The number of hydrogen-bond donors (Lipinski definition) is 0. The summed E-state index contributed by atoms with van der Waals surface area (Å²) in [5.74, 6) is 0. The molecule has 0 rings (SSSR count). The normalized spacial score (nSPS) is 14.1. The van der Waals surface area contributed by atoms with Gasteiger partial charge in [0.05, 0.1) is 0 Å². The summed E-state index contributed by atoms with van der Waals surface area (Å²) in [6, 6.07) is 0. The van der Waals surface area contributed by atoms with Gasteiger partial charge in [0.2, 0.25) is 0 Å². The van der Waals surface area contributed by atoms with E-state index in [2.05, 4.69) is 69.6 Å². The second kappa shape index (κ2) is 7.61. The Labute approximate surface area is 102 Å². The van der Waals surface area contributed by atoms with Crippen molar-refractivity contribution in [2.75, 3.05) is 27.2 Å². The lowest BCUT2D eigenvalue weighted by molar-refractivity contribution is -0.492. The van der Waals surface area contributed by atoms with Crippen molar-refractivity contribution in [2.24, 2.45) is 0 Å². The minimum absolute atomic E-state index is 0.248. The Morgan fingerprint density at radius 2 is 1.88 bits per heavy atom. The first-order chi connectivity index (χ1) is 7.38. The third-order valence-corrected chi connectivity index (χ3v) is 2.87. The third-order valence-electron chi connectivity index (χ3n) is 2.87. The maximum Gasteiger partial charge on any atom is 0.162 e. The van der Waals surface area contributed by atoms with Crippen molar-refractivity contribution in [3.05, 3.63) is 12.2 Å². The van der Waals surface area contributed by atoms with E-state index >= 15 is 0 Å². The fourth-order valence-electron chi connectivity index (χ4n) is 1.18. The van der Waals surface area contributed by atoms with Gasteiger partial charge in [-0.25, -0.2) is 4.58 Å². The average molecular weight is 225 g/mol. The molecular formula is C14H29N2+. The fraction of sp³-hybridized carbons (Fsp3) is 0.786. The van der Waals surface area contributed by atoms with E-state index in [-0.39, 0.29) is 5.54 Å². The molecule has 0 saturated carbocycles. The predicted molar refractivity (Wildman–Crippen MR) is 73.5 cm³/mol. The van der Waals surface area contributed by atoms with Crippen molar-refractivity contribution < 1.29 is 4.58 Å². The molecular weight excluding hydrogens is 196 g/mol. The number of likely N-dealkylation sites (N-methyl/N-ethyl adjacent to an activating group) is 1. The summed E-state index contributed by atoms with van der Waals surface area (Å²) in [5.41, 5.74) is 0.248. The molecule has 0 atom stereocenters. The minimum atomic E-state index is 0.248. The van der Waals surface area contributed by atoms with Crippen molar-refractivity contribution >= 4 is 6.21 Å². The Bertz CT molecular complexity index is 234. The lowest BCUT2D eigenvalue weighted by Gasteiger charge is -2.30. The number of rotatable bonds is 6. The molecule has 0 aromatic heterocycles. The van der Waals surface area contributed by atoms with Gasteiger partial charge >= 0.3 is 0 Å². The van der Waals surface area contributed by atoms with Crippen molar-refractivity contribution in [3.8, 4) is 0 Å². The van der Waals surface area contributed by atoms with E-state index in [1.807, 2.05) is 0 Å². The molecule has 2 heteroatoms. The van der Waals surface area contributed by atoms with Gasteiger partial charge in [-0.05, 0) is 33.9 Å². The van der Waals surface area contributed by atoms with Gasteiger partial charge in [-0.2, -0.15) is 0 Å². The Morgan fingerprint density at radius 1 is 1.25 bits per heavy atom. The van der Waals surface area contributed by atoms with Gasteiger partial charge in [-0.15, -0.1) is 0 Å². The molecule has 0 N–H and O–H groups in total. The van der Waals surface area contributed by atoms with E-state index in [0.717, 1.165) is 13.1 Å². The summed E-state index contributed by atoms with van der Waals surface area (Å²) in [5, 5.41) is 0. The van der Waals surface area contributed by atoms with Crippen molar-refractivity contribution in [1.82, 2.24) is 4.90 Å². The zero-order valence-electron chi connectivity index (χ0n) is 12.0. The summed E-state index contributed by atoms with van der Waals surface area (Å²) in [6.07, 6.45) is 9.05. The molecule has 0 aromatic carbocycles. The molecule has 0 bridgehead atoms. The summed E-state index contributed by atoms with van der Waals surface area (Å²) < 4.78 is 2.25. The van der Waals surface area contributed by atoms with E-state index in [0.29, 0.717) is 0 Å². The van der Waals surface area contributed by atoms with Crippen LogP contribution >= 0.6 is 0 Å². The molecule has 0 spiro atoms. The molecule has 16 heavy (non-hydrogen) atoms. The van der Waals surface area contributed by atoms with Crippen LogP contribution in [0.2, 0.25) is 0 Å². The van der Waals surface area contributed by atoms with Crippen LogP contribution in [0.1, 0.15) is 40.5 Å². The quantitative estimate of drug-likeness (QED) is 0.498. The highest BCUT2D eigenvalue weighted by Gasteiger charge is 2.14. The standard InChI is InChI=1S/C14H29N2/c1-7-8-11-15(5)12-9-10-13-16(6)14(2,3)4/h9-10,12H,7-8,11,13H2,1-6H3/q+1/b10-9?,15-12-. The van der Waals surface area contributed by atoms with Gasteiger partial charge < -0.3 is 0 Å². The molecule has 0 fully saturated rings. The van der Waals surface area contributed by atoms with Gasteiger partial charge in [-0.3, -0.25) is 4.90 Å². The summed E-state index contributed by atoms with van der Waals surface area (Å²) in [4.78, 5) is 2.34. The summed E-state index contributed by atoms with van der Waals surface area (Å²) in [7, 11) is 4.29. The molecule has 0 saturated heterocycles. The third kappa shape index (κ3) is 7.63. The van der Waals surface area contributed by atoms with Crippen LogP contribution in [-0.4, -0.2) is 48.4 Å². The van der Waals surface area contributed by atoms with Crippen LogP contribution in [-0.2, 0) is 0 Å². The molecule has 0 heterocycles. The Morgan fingerprint density at radius 3 is 2.38 bits per heavy atom. The van der Waals surface area contributed by atoms with Gasteiger partial charge in [0.15, 0.2) is 6.21 Å². The molecule has 94 valence electrons. The van der Waals surface area contributed by atoms with E-state index in [9.17, 15) is 0 Å². The van der Waals surface area contributed by atoms with Gasteiger partial charge in [0.1, 0.15) is 13.6 Å². The SMILES string of the molecule is CCCC/[N+](C)=C\C=CCN(C)C(C)(C)C. The maximum atomic E-state index is 2.34. The van der Waals surface area contributed by atoms with Crippen LogP contribution < -0.4 is 0 Å². The second-order valence-electron chi connectivity index (χ2n) is 5.46. The predicted octanol–water partition coefficient (Wildman–Crippen LogP) is 2.79. The van der Waals surface area contributed by atoms with Crippen LogP contribution in [0.15, 0.2) is 12.2 Å². The zero-order valence-corrected chi connectivity index (χ0v) is 12.0.